The van der Waals surface area contributed by atoms with E-state index in [1.165, 1.54) is 4.68 Å². The Bertz CT molecular complexity index is 1250. The first kappa shape index (κ1) is 15.5. The maximum atomic E-state index is 13.0. The van der Waals surface area contributed by atoms with Crippen LogP contribution in [-0.4, -0.2) is 15.7 Å². The third kappa shape index (κ3) is 2.36. The fourth-order valence-electron chi connectivity index (χ4n) is 3.50. The monoisotopic (exact) mass is 354 g/mol. The number of benzene rings is 3. The molecule has 0 amide bonds. The van der Waals surface area contributed by atoms with Gasteiger partial charge in [0, 0.05) is 10.9 Å². The van der Waals surface area contributed by atoms with Crippen LogP contribution in [0, 0.1) is 0 Å². The first-order valence-electron chi connectivity index (χ1n) is 8.61. The number of rotatable bonds is 2. The lowest BCUT2D eigenvalue weighted by atomic mass is 10.00. The summed E-state index contributed by atoms with van der Waals surface area (Å²) in [5, 5.41) is 5.83. The van der Waals surface area contributed by atoms with Crippen LogP contribution < -0.4 is 5.56 Å². The van der Waals surface area contributed by atoms with Crippen molar-refractivity contribution in [2.24, 2.45) is 0 Å². The molecule has 0 radical (unpaired) electrons. The van der Waals surface area contributed by atoms with Crippen molar-refractivity contribution >= 4 is 16.7 Å². The Morgan fingerprint density at radius 3 is 2.26 bits per heavy atom. The summed E-state index contributed by atoms with van der Waals surface area (Å²) in [7, 11) is 0. The minimum absolute atomic E-state index is 0.210. The van der Waals surface area contributed by atoms with Crippen LogP contribution in [0.15, 0.2) is 83.7 Å². The number of fused-ring (bicyclic) bond motifs is 2. The van der Waals surface area contributed by atoms with Crippen LogP contribution in [0.3, 0.4) is 0 Å². The molecule has 5 rings (SSSR count). The summed E-state index contributed by atoms with van der Waals surface area (Å²) in [6, 6.07) is 23.8. The van der Waals surface area contributed by atoms with E-state index >= 15 is 0 Å². The SMILES string of the molecule is O=C1O[C@@H](c2nn(-c3ccccc3)c(=O)c3ccccc23)c2ccccc21. The molecule has 0 spiro atoms. The van der Waals surface area contributed by atoms with E-state index in [0.717, 1.165) is 5.56 Å². The zero-order valence-corrected chi connectivity index (χ0v) is 14.2. The third-order valence-electron chi connectivity index (χ3n) is 4.77. The van der Waals surface area contributed by atoms with Crippen molar-refractivity contribution in [1.29, 1.82) is 0 Å². The molecule has 0 unspecified atom stereocenters. The molecule has 27 heavy (non-hydrogen) atoms. The number of carbonyl (C=O) groups excluding carboxylic acids is 1. The normalized spacial score (nSPS) is 15.6. The molecule has 4 aromatic rings. The van der Waals surface area contributed by atoms with Gasteiger partial charge in [0.05, 0.1) is 16.6 Å². The van der Waals surface area contributed by atoms with Crippen LogP contribution in [0.1, 0.15) is 27.7 Å². The van der Waals surface area contributed by atoms with Crippen LogP contribution in [0.25, 0.3) is 16.5 Å². The zero-order chi connectivity index (χ0) is 18.4. The molecule has 1 aromatic heterocycles. The molecule has 3 aromatic carbocycles. The van der Waals surface area contributed by atoms with Gasteiger partial charge in [0.1, 0.15) is 5.69 Å². The first-order chi connectivity index (χ1) is 13.2. The maximum absolute atomic E-state index is 13.0. The molecule has 1 atom stereocenters. The predicted molar refractivity (Wildman–Crippen MR) is 101 cm³/mol. The molecule has 5 nitrogen and oxygen atoms in total. The zero-order valence-electron chi connectivity index (χ0n) is 14.2. The van der Waals surface area contributed by atoms with Crippen molar-refractivity contribution in [2.45, 2.75) is 6.10 Å². The first-order valence-corrected chi connectivity index (χ1v) is 8.61. The second-order valence-corrected chi connectivity index (χ2v) is 6.36. The number of nitrogens with zero attached hydrogens (tertiary/aromatic N) is 2. The van der Waals surface area contributed by atoms with Crippen molar-refractivity contribution in [3.63, 3.8) is 0 Å². The Morgan fingerprint density at radius 2 is 1.44 bits per heavy atom. The lowest BCUT2D eigenvalue weighted by Crippen LogP contribution is -2.24. The molecule has 130 valence electrons. The number of esters is 1. The number of carbonyl (C=O) groups is 1. The number of para-hydroxylation sites is 1. The van der Waals surface area contributed by atoms with Crippen molar-refractivity contribution in [1.82, 2.24) is 9.78 Å². The summed E-state index contributed by atoms with van der Waals surface area (Å²) >= 11 is 0. The van der Waals surface area contributed by atoms with Gasteiger partial charge in [0.2, 0.25) is 0 Å². The maximum Gasteiger partial charge on any atom is 0.339 e. The highest BCUT2D eigenvalue weighted by Crippen LogP contribution is 2.37. The average molecular weight is 354 g/mol. The highest BCUT2D eigenvalue weighted by atomic mass is 16.5. The molecular formula is C22H14N2O3. The summed E-state index contributed by atoms with van der Waals surface area (Å²) in [6.45, 7) is 0. The largest absolute Gasteiger partial charge is 0.447 e. The highest BCUT2D eigenvalue weighted by molar-refractivity contribution is 5.95. The van der Waals surface area contributed by atoms with Crippen molar-refractivity contribution in [3.05, 3.63) is 106 Å². The van der Waals surface area contributed by atoms with E-state index < -0.39 is 6.10 Å². The lowest BCUT2D eigenvalue weighted by Gasteiger charge is -2.15. The Balaban J connectivity index is 1.82. The molecule has 0 aliphatic carbocycles. The quantitative estimate of drug-likeness (QED) is 0.516. The van der Waals surface area contributed by atoms with Gasteiger partial charge < -0.3 is 4.74 Å². The number of cyclic esters (lactones) is 1. The van der Waals surface area contributed by atoms with Crippen LogP contribution in [0.5, 0.6) is 0 Å². The average Bonchev–Trinajstić information content (AvgIpc) is 3.06. The molecule has 0 saturated carbocycles. The van der Waals surface area contributed by atoms with Crippen LogP contribution in [0.2, 0.25) is 0 Å². The summed E-state index contributed by atoms with van der Waals surface area (Å²) in [5.74, 6) is -0.376. The van der Waals surface area contributed by atoms with Gasteiger partial charge >= 0.3 is 5.97 Å². The minimum atomic E-state index is -0.644. The van der Waals surface area contributed by atoms with Gasteiger partial charge in [-0.25, -0.2) is 4.79 Å². The Hall–Kier alpha value is -3.73. The van der Waals surface area contributed by atoms with E-state index in [1.54, 1.807) is 18.2 Å². The van der Waals surface area contributed by atoms with E-state index in [2.05, 4.69) is 5.10 Å². The lowest BCUT2D eigenvalue weighted by molar-refractivity contribution is 0.0450. The number of hydrogen-bond donors (Lipinski definition) is 0. The summed E-state index contributed by atoms with van der Waals surface area (Å²) in [5.41, 5.74) is 2.29. The van der Waals surface area contributed by atoms with Gasteiger partial charge in [-0.3, -0.25) is 4.79 Å². The predicted octanol–water partition coefficient (Wildman–Crippen LogP) is 3.65. The fraction of sp³-hybridized carbons (Fsp3) is 0.0455. The van der Waals surface area contributed by atoms with Gasteiger partial charge in [-0.2, -0.15) is 9.78 Å². The topological polar surface area (TPSA) is 61.2 Å². The second kappa shape index (κ2) is 5.92. The van der Waals surface area contributed by atoms with Crippen LogP contribution in [-0.2, 0) is 4.74 Å². The molecule has 2 heterocycles. The van der Waals surface area contributed by atoms with E-state index in [4.69, 9.17) is 4.74 Å². The van der Waals surface area contributed by atoms with E-state index in [1.807, 2.05) is 60.7 Å². The molecular weight excluding hydrogens is 340 g/mol. The molecule has 0 N–H and O–H groups in total. The summed E-state index contributed by atoms with van der Waals surface area (Å²) < 4.78 is 7.01. The molecule has 0 saturated heterocycles. The van der Waals surface area contributed by atoms with Crippen LogP contribution in [0.4, 0.5) is 0 Å². The second-order valence-electron chi connectivity index (χ2n) is 6.36. The van der Waals surface area contributed by atoms with E-state index in [-0.39, 0.29) is 11.5 Å². The minimum Gasteiger partial charge on any atom is -0.447 e. The van der Waals surface area contributed by atoms with Crippen molar-refractivity contribution < 1.29 is 9.53 Å². The van der Waals surface area contributed by atoms with E-state index in [9.17, 15) is 9.59 Å². The van der Waals surface area contributed by atoms with Gasteiger partial charge in [0.25, 0.3) is 5.56 Å². The number of ether oxygens (including phenoxy) is 1. The highest BCUT2D eigenvalue weighted by Gasteiger charge is 2.34. The van der Waals surface area contributed by atoms with Gasteiger partial charge in [-0.1, -0.05) is 54.6 Å². The third-order valence-corrected chi connectivity index (χ3v) is 4.77. The fourth-order valence-corrected chi connectivity index (χ4v) is 3.50. The molecule has 0 fully saturated rings. The van der Waals surface area contributed by atoms with Gasteiger partial charge in [0.15, 0.2) is 6.10 Å². The smallest absolute Gasteiger partial charge is 0.339 e. The van der Waals surface area contributed by atoms with Gasteiger partial charge in [-0.05, 0) is 24.3 Å². The number of hydrogen-bond acceptors (Lipinski definition) is 4. The molecule has 1 aliphatic rings. The summed E-state index contributed by atoms with van der Waals surface area (Å²) in [6.07, 6.45) is -0.644. The number of aromatic nitrogens is 2. The Morgan fingerprint density at radius 1 is 0.778 bits per heavy atom. The van der Waals surface area contributed by atoms with Crippen LogP contribution >= 0.6 is 0 Å². The molecule has 1 aliphatic heterocycles. The Labute approximate surface area is 154 Å². The molecule has 5 heteroatoms. The van der Waals surface area contributed by atoms with Gasteiger partial charge in [-0.15, -0.1) is 0 Å². The molecule has 0 bridgehead atoms. The standard InChI is InChI=1S/C22H14N2O3/c25-21-17-12-6-4-10-15(17)19(23-24(21)14-8-2-1-3-9-14)20-16-11-5-7-13-18(16)22(26)27-20/h1-13,20H/t20-/m1/s1. The van der Waals surface area contributed by atoms with Crippen molar-refractivity contribution in [2.75, 3.05) is 0 Å². The van der Waals surface area contributed by atoms with E-state index in [0.29, 0.717) is 27.7 Å². The summed E-state index contributed by atoms with van der Waals surface area (Å²) in [4.78, 5) is 25.3. The Kier molecular flexibility index (Phi) is 3.40. The van der Waals surface area contributed by atoms with Crippen molar-refractivity contribution in [3.8, 4) is 5.69 Å².